The smallest absolute Gasteiger partial charge is 0.395 e. The molecule has 0 aromatic carbocycles. The van der Waals surface area contributed by atoms with Gasteiger partial charge in [-0.3, -0.25) is 9.59 Å². The predicted molar refractivity (Wildman–Crippen MR) is 70.8 cm³/mol. The van der Waals surface area contributed by atoms with Crippen molar-refractivity contribution >= 4 is 17.5 Å². The molecule has 0 fully saturated rings. The van der Waals surface area contributed by atoms with Crippen molar-refractivity contribution in [2.24, 2.45) is 0 Å². The van der Waals surface area contributed by atoms with Crippen molar-refractivity contribution in [2.45, 2.75) is 6.18 Å². The number of hydrogen-bond donors (Lipinski definition) is 4. The lowest BCUT2D eigenvalue weighted by Gasteiger charge is -2.08. The summed E-state index contributed by atoms with van der Waals surface area (Å²) in [4.78, 5) is 26.0. The number of nitrogens with zero attached hydrogens (tertiary/aromatic N) is 1. The van der Waals surface area contributed by atoms with E-state index < -0.39 is 23.7 Å². The number of alkyl halides is 3. The van der Waals surface area contributed by atoms with E-state index in [1.165, 1.54) is 0 Å². The maximum absolute atomic E-state index is 12.3. The molecule has 2 amide bonds. The van der Waals surface area contributed by atoms with Gasteiger partial charge in [0, 0.05) is 19.6 Å². The van der Waals surface area contributed by atoms with Gasteiger partial charge in [0.2, 0.25) is 0 Å². The van der Waals surface area contributed by atoms with E-state index in [4.69, 9.17) is 5.11 Å². The summed E-state index contributed by atoms with van der Waals surface area (Å²) in [6.45, 7) is 0.841. The zero-order valence-corrected chi connectivity index (χ0v) is 11.4. The molecule has 7 nitrogen and oxygen atoms in total. The highest BCUT2D eigenvalue weighted by molar-refractivity contribution is 6.39. The quantitative estimate of drug-likeness (QED) is 0.427. The van der Waals surface area contributed by atoms with Gasteiger partial charge < -0.3 is 21.1 Å². The first kappa shape index (κ1) is 17.9. The molecule has 0 aliphatic rings. The van der Waals surface area contributed by atoms with E-state index in [0.717, 1.165) is 12.3 Å². The van der Waals surface area contributed by atoms with E-state index in [1.54, 1.807) is 0 Å². The average molecular weight is 320 g/mol. The first-order chi connectivity index (χ1) is 10.3. The van der Waals surface area contributed by atoms with Crippen molar-refractivity contribution < 1.29 is 27.9 Å². The fourth-order valence-electron chi connectivity index (χ4n) is 1.37. The third-order valence-electron chi connectivity index (χ3n) is 2.39. The summed E-state index contributed by atoms with van der Waals surface area (Å²) in [5.41, 5.74) is -1.11. The van der Waals surface area contributed by atoms with Crippen molar-refractivity contribution in [1.29, 1.82) is 0 Å². The lowest BCUT2D eigenvalue weighted by Crippen LogP contribution is -2.39. The van der Waals surface area contributed by atoms with Gasteiger partial charge in [0.05, 0.1) is 18.5 Å². The highest BCUT2D eigenvalue weighted by Crippen LogP contribution is 2.27. The van der Waals surface area contributed by atoms with Gasteiger partial charge >= 0.3 is 18.0 Å². The van der Waals surface area contributed by atoms with Gasteiger partial charge in [0.1, 0.15) is 5.69 Å². The lowest BCUT2D eigenvalue weighted by atomic mass is 10.3. The highest BCUT2D eigenvalue weighted by atomic mass is 19.4. The molecule has 122 valence electrons. The number of hydrogen-bond acceptors (Lipinski definition) is 5. The number of anilines is 1. The third-order valence-corrected chi connectivity index (χ3v) is 2.39. The van der Waals surface area contributed by atoms with Gasteiger partial charge in [-0.15, -0.1) is 0 Å². The summed E-state index contributed by atoms with van der Waals surface area (Å²) in [5, 5.41) is 15.7. The maximum atomic E-state index is 12.3. The van der Waals surface area contributed by atoms with E-state index in [9.17, 15) is 22.8 Å². The molecule has 0 aliphatic carbocycles. The van der Waals surface area contributed by atoms with Crippen LogP contribution in [0, 0.1) is 0 Å². The molecule has 22 heavy (non-hydrogen) atoms. The van der Waals surface area contributed by atoms with Crippen LogP contribution >= 0.6 is 0 Å². The molecule has 4 N–H and O–H groups in total. The Hall–Kier alpha value is -2.20. The van der Waals surface area contributed by atoms with Crippen LogP contribution in [0.5, 0.6) is 0 Å². The van der Waals surface area contributed by atoms with Gasteiger partial charge in [-0.05, 0) is 12.1 Å². The molecule has 0 radical (unpaired) electrons. The maximum Gasteiger partial charge on any atom is 0.433 e. The minimum absolute atomic E-state index is 0.0217. The number of carbonyl (C=O) groups is 2. The van der Waals surface area contributed by atoms with Crippen molar-refractivity contribution in [1.82, 2.24) is 15.6 Å². The molecule has 1 aromatic heterocycles. The van der Waals surface area contributed by atoms with Crippen LogP contribution in [0.1, 0.15) is 5.69 Å². The molecule has 1 aromatic rings. The SMILES string of the molecule is O=C(NCCNCCO)C(=O)Nc1ccc(C(F)(F)F)nc1. The van der Waals surface area contributed by atoms with Crippen LogP contribution in [0.2, 0.25) is 0 Å². The fourth-order valence-corrected chi connectivity index (χ4v) is 1.37. The predicted octanol–water partition coefficient (Wildman–Crippen LogP) is -0.263. The Morgan fingerprint density at radius 2 is 1.86 bits per heavy atom. The molecule has 10 heteroatoms. The molecule has 0 bridgehead atoms. The number of amides is 2. The fraction of sp³-hybridized carbons (Fsp3) is 0.417. The van der Waals surface area contributed by atoms with Gasteiger partial charge in [-0.2, -0.15) is 13.2 Å². The molecule has 1 heterocycles. The van der Waals surface area contributed by atoms with Crippen LogP contribution in [0.15, 0.2) is 18.3 Å². The second kappa shape index (κ2) is 8.29. The van der Waals surface area contributed by atoms with Crippen LogP contribution in [-0.4, -0.2) is 48.1 Å². The zero-order chi connectivity index (χ0) is 16.6. The Morgan fingerprint density at radius 1 is 1.14 bits per heavy atom. The van der Waals surface area contributed by atoms with Crippen LogP contribution in [0.3, 0.4) is 0 Å². The normalized spacial score (nSPS) is 11.1. The van der Waals surface area contributed by atoms with Gasteiger partial charge in [-0.1, -0.05) is 0 Å². The average Bonchev–Trinajstić information content (AvgIpc) is 2.46. The number of pyridine rings is 1. The number of nitrogens with one attached hydrogen (secondary N) is 3. The van der Waals surface area contributed by atoms with E-state index >= 15 is 0 Å². The molecular weight excluding hydrogens is 305 g/mol. The molecule has 0 saturated heterocycles. The lowest BCUT2D eigenvalue weighted by molar-refractivity contribution is -0.141. The highest BCUT2D eigenvalue weighted by Gasteiger charge is 2.32. The van der Waals surface area contributed by atoms with Crippen LogP contribution in [0.25, 0.3) is 0 Å². The van der Waals surface area contributed by atoms with Crippen molar-refractivity contribution in [3.63, 3.8) is 0 Å². The molecule has 0 unspecified atom stereocenters. The second-order valence-corrected chi connectivity index (χ2v) is 4.11. The van der Waals surface area contributed by atoms with Crippen LogP contribution < -0.4 is 16.0 Å². The molecule has 0 aliphatic heterocycles. The summed E-state index contributed by atoms with van der Waals surface area (Å²) >= 11 is 0. The third kappa shape index (κ3) is 6.06. The topological polar surface area (TPSA) is 103 Å². The number of aliphatic hydroxyl groups excluding tert-OH is 1. The summed E-state index contributed by atoms with van der Waals surface area (Å²) < 4.78 is 36.9. The first-order valence-corrected chi connectivity index (χ1v) is 6.28. The van der Waals surface area contributed by atoms with Gasteiger partial charge in [0.15, 0.2) is 0 Å². The second-order valence-electron chi connectivity index (χ2n) is 4.11. The number of halogens is 3. The largest absolute Gasteiger partial charge is 0.433 e. The summed E-state index contributed by atoms with van der Waals surface area (Å²) in [6, 6.07) is 1.70. The molecular formula is C12H15F3N4O3. The molecule has 0 atom stereocenters. The summed E-state index contributed by atoms with van der Waals surface area (Å²) in [5.74, 6) is -1.94. The number of rotatable bonds is 6. The van der Waals surface area contributed by atoms with E-state index in [0.29, 0.717) is 19.2 Å². The van der Waals surface area contributed by atoms with Crippen LogP contribution in [-0.2, 0) is 15.8 Å². The van der Waals surface area contributed by atoms with E-state index in [-0.39, 0.29) is 18.8 Å². The van der Waals surface area contributed by atoms with Gasteiger partial charge in [-0.25, -0.2) is 4.98 Å². The molecule has 0 saturated carbocycles. The number of carbonyl (C=O) groups excluding carboxylic acids is 2. The Labute approximate surface area is 123 Å². The standard InChI is InChI=1S/C12H15F3N4O3/c13-12(14,15)9-2-1-8(7-18-9)19-11(22)10(21)17-4-3-16-5-6-20/h1-2,7,16,20H,3-6H2,(H,17,21)(H,19,22). The van der Waals surface area contributed by atoms with Crippen LogP contribution in [0.4, 0.5) is 18.9 Å². The minimum Gasteiger partial charge on any atom is -0.395 e. The van der Waals surface area contributed by atoms with E-state index in [1.807, 2.05) is 0 Å². The minimum atomic E-state index is -4.57. The van der Waals surface area contributed by atoms with Gasteiger partial charge in [0.25, 0.3) is 0 Å². The summed E-state index contributed by atoms with van der Waals surface area (Å²) in [7, 11) is 0. The van der Waals surface area contributed by atoms with E-state index in [2.05, 4.69) is 20.9 Å². The monoisotopic (exact) mass is 320 g/mol. The Balaban J connectivity index is 2.42. The zero-order valence-electron chi connectivity index (χ0n) is 11.4. The Morgan fingerprint density at radius 3 is 2.41 bits per heavy atom. The number of aromatic nitrogens is 1. The molecule has 0 spiro atoms. The number of aliphatic hydroxyl groups is 1. The Bertz CT molecular complexity index is 505. The summed E-state index contributed by atoms with van der Waals surface area (Å²) in [6.07, 6.45) is -3.75. The van der Waals surface area contributed by atoms with Crippen molar-refractivity contribution in [3.05, 3.63) is 24.0 Å². The molecule has 1 rings (SSSR count). The first-order valence-electron chi connectivity index (χ1n) is 6.28. The Kier molecular flexibility index (Phi) is 6.73. The van der Waals surface area contributed by atoms with Crippen molar-refractivity contribution in [3.8, 4) is 0 Å². The van der Waals surface area contributed by atoms with Crippen molar-refractivity contribution in [2.75, 3.05) is 31.6 Å².